The van der Waals surface area contributed by atoms with Crippen LogP contribution in [0.1, 0.15) is 52.4 Å². The molecule has 0 aliphatic heterocycles. The fraction of sp³-hybridized carbons (Fsp3) is 1.00. The maximum atomic E-state index is 6.32. The van der Waals surface area contributed by atoms with Crippen LogP contribution in [0.3, 0.4) is 0 Å². The van der Waals surface area contributed by atoms with Crippen molar-refractivity contribution in [1.29, 1.82) is 0 Å². The third-order valence-electron chi connectivity index (χ3n) is 3.75. The maximum absolute atomic E-state index is 6.32. The molecule has 0 bridgehead atoms. The molecule has 0 aromatic heterocycles. The van der Waals surface area contributed by atoms with Crippen LogP contribution in [0.2, 0.25) is 0 Å². The highest BCUT2D eigenvalue weighted by Gasteiger charge is 2.44. The highest BCUT2D eigenvalue weighted by molar-refractivity contribution is 5.07. The first-order valence-electron chi connectivity index (χ1n) is 5.16. The highest BCUT2D eigenvalue weighted by Crippen LogP contribution is 2.37. The summed E-state index contributed by atoms with van der Waals surface area (Å²) in [6, 6.07) is 0. The van der Waals surface area contributed by atoms with Gasteiger partial charge in [-0.2, -0.15) is 0 Å². The van der Waals surface area contributed by atoms with Crippen LogP contribution in [0.25, 0.3) is 0 Å². The predicted molar refractivity (Wildman–Crippen MR) is 52.9 cm³/mol. The molecule has 1 fully saturated rings. The molecule has 2 unspecified atom stereocenters. The van der Waals surface area contributed by atoms with Crippen LogP contribution < -0.4 is 11.5 Å². The molecule has 0 heterocycles. The van der Waals surface area contributed by atoms with Crippen LogP contribution in [0.5, 0.6) is 0 Å². The molecule has 1 aliphatic carbocycles. The van der Waals surface area contributed by atoms with Crippen molar-refractivity contribution < 1.29 is 0 Å². The molecule has 2 nitrogen and oxygen atoms in total. The van der Waals surface area contributed by atoms with E-state index in [1.807, 2.05) is 0 Å². The first-order valence-corrected chi connectivity index (χ1v) is 5.16. The second-order valence-electron chi connectivity index (χ2n) is 4.23. The van der Waals surface area contributed by atoms with Crippen molar-refractivity contribution in [3.8, 4) is 0 Å². The number of hydrogen-bond donors (Lipinski definition) is 2. The Morgan fingerprint density at radius 2 is 1.25 bits per heavy atom. The van der Waals surface area contributed by atoms with Crippen molar-refractivity contribution >= 4 is 0 Å². The van der Waals surface area contributed by atoms with Crippen LogP contribution in [0, 0.1) is 0 Å². The lowest BCUT2D eigenvalue weighted by Gasteiger charge is -2.49. The summed E-state index contributed by atoms with van der Waals surface area (Å²) in [5.41, 5.74) is 12.5. The minimum absolute atomic E-state index is 0.0972. The molecule has 2 heteroatoms. The van der Waals surface area contributed by atoms with E-state index in [-0.39, 0.29) is 11.1 Å². The van der Waals surface area contributed by atoms with Crippen LogP contribution in [0.4, 0.5) is 0 Å². The zero-order valence-electron chi connectivity index (χ0n) is 8.40. The molecule has 0 aromatic rings. The van der Waals surface area contributed by atoms with Gasteiger partial charge in [0.05, 0.1) is 0 Å². The van der Waals surface area contributed by atoms with Gasteiger partial charge in [-0.1, -0.05) is 26.7 Å². The zero-order chi connectivity index (χ0) is 9.24. The molecular formula is C10H22N2. The van der Waals surface area contributed by atoms with Gasteiger partial charge >= 0.3 is 0 Å². The summed E-state index contributed by atoms with van der Waals surface area (Å²) in [5.74, 6) is 0. The Hall–Kier alpha value is -0.0800. The molecule has 1 aliphatic rings. The summed E-state index contributed by atoms with van der Waals surface area (Å²) in [6.07, 6.45) is 6.74. The van der Waals surface area contributed by atoms with Crippen LogP contribution in [0.15, 0.2) is 0 Å². The smallest absolute Gasteiger partial charge is 0.0334 e. The summed E-state index contributed by atoms with van der Waals surface area (Å²) in [4.78, 5) is 0. The number of rotatable bonds is 2. The molecule has 4 N–H and O–H groups in total. The summed E-state index contributed by atoms with van der Waals surface area (Å²) >= 11 is 0. The van der Waals surface area contributed by atoms with Gasteiger partial charge in [-0.15, -0.1) is 0 Å². The quantitative estimate of drug-likeness (QED) is 0.663. The Bertz CT molecular complexity index is 140. The van der Waals surface area contributed by atoms with Gasteiger partial charge in [-0.05, 0) is 25.7 Å². The summed E-state index contributed by atoms with van der Waals surface area (Å²) in [5, 5.41) is 0. The van der Waals surface area contributed by atoms with E-state index in [0.717, 1.165) is 25.7 Å². The second-order valence-corrected chi connectivity index (χ2v) is 4.23. The molecule has 0 spiro atoms. The molecule has 0 radical (unpaired) electrons. The fourth-order valence-electron chi connectivity index (χ4n) is 2.44. The molecule has 2 atom stereocenters. The van der Waals surface area contributed by atoms with Crippen molar-refractivity contribution in [3.63, 3.8) is 0 Å². The average molecular weight is 170 g/mol. The zero-order valence-corrected chi connectivity index (χ0v) is 8.40. The Labute approximate surface area is 75.7 Å². The summed E-state index contributed by atoms with van der Waals surface area (Å²) in [6.45, 7) is 4.31. The van der Waals surface area contributed by atoms with E-state index in [1.165, 1.54) is 12.8 Å². The van der Waals surface area contributed by atoms with E-state index in [0.29, 0.717) is 0 Å². The molecule has 0 aromatic carbocycles. The molecule has 1 saturated carbocycles. The van der Waals surface area contributed by atoms with Gasteiger partial charge in [0, 0.05) is 11.1 Å². The standard InChI is InChI=1S/C10H22N2/c1-3-9(11)7-5-6-8-10(9,12)4-2/h3-8,11-12H2,1-2H3. The number of nitrogens with two attached hydrogens (primary N) is 2. The van der Waals surface area contributed by atoms with E-state index in [4.69, 9.17) is 11.5 Å². The van der Waals surface area contributed by atoms with Crippen LogP contribution in [-0.2, 0) is 0 Å². The average Bonchev–Trinajstić information content (AvgIpc) is 2.10. The van der Waals surface area contributed by atoms with E-state index in [1.54, 1.807) is 0 Å². The lowest BCUT2D eigenvalue weighted by Crippen LogP contribution is -2.66. The third-order valence-corrected chi connectivity index (χ3v) is 3.75. The van der Waals surface area contributed by atoms with E-state index >= 15 is 0 Å². The maximum Gasteiger partial charge on any atom is 0.0334 e. The number of hydrogen-bond acceptors (Lipinski definition) is 2. The fourth-order valence-corrected chi connectivity index (χ4v) is 2.44. The van der Waals surface area contributed by atoms with Crippen molar-refractivity contribution in [2.75, 3.05) is 0 Å². The van der Waals surface area contributed by atoms with Gasteiger partial charge in [-0.3, -0.25) is 0 Å². The third kappa shape index (κ3) is 1.38. The molecule has 0 saturated heterocycles. The Morgan fingerprint density at radius 1 is 0.917 bits per heavy atom. The van der Waals surface area contributed by atoms with Crippen LogP contribution >= 0.6 is 0 Å². The SMILES string of the molecule is CCC1(N)CCCCC1(N)CC. The highest BCUT2D eigenvalue weighted by atomic mass is 14.9. The molecular weight excluding hydrogens is 148 g/mol. The lowest BCUT2D eigenvalue weighted by molar-refractivity contribution is 0.137. The molecule has 1 rings (SSSR count). The van der Waals surface area contributed by atoms with Crippen molar-refractivity contribution in [1.82, 2.24) is 0 Å². The monoisotopic (exact) mass is 170 g/mol. The van der Waals surface area contributed by atoms with Gasteiger partial charge in [-0.25, -0.2) is 0 Å². The topological polar surface area (TPSA) is 52.0 Å². The largest absolute Gasteiger partial charge is 0.324 e. The van der Waals surface area contributed by atoms with Gasteiger partial charge in [0.2, 0.25) is 0 Å². The Morgan fingerprint density at radius 3 is 1.50 bits per heavy atom. The first-order chi connectivity index (χ1) is 5.58. The predicted octanol–water partition coefficient (Wildman–Crippen LogP) is 1.78. The molecule has 12 heavy (non-hydrogen) atoms. The molecule has 0 amide bonds. The Balaban J connectivity index is 2.79. The van der Waals surface area contributed by atoms with Gasteiger partial charge in [0.25, 0.3) is 0 Å². The first kappa shape index (κ1) is 10.0. The van der Waals surface area contributed by atoms with Crippen LogP contribution in [-0.4, -0.2) is 11.1 Å². The van der Waals surface area contributed by atoms with Gasteiger partial charge in [0.1, 0.15) is 0 Å². The Kier molecular flexibility index (Phi) is 2.79. The summed E-state index contributed by atoms with van der Waals surface area (Å²) < 4.78 is 0. The summed E-state index contributed by atoms with van der Waals surface area (Å²) in [7, 11) is 0. The van der Waals surface area contributed by atoms with Crippen molar-refractivity contribution in [2.45, 2.75) is 63.5 Å². The lowest BCUT2D eigenvalue weighted by atomic mass is 9.65. The van der Waals surface area contributed by atoms with E-state index < -0.39 is 0 Å². The second kappa shape index (κ2) is 3.35. The normalized spacial score (nSPS) is 43.0. The minimum atomic E-state index is -0.0972. The van der Waals surface area contributed by atoms with E-state index in [9.17, 15) is 0 Å². The molecule has 72 valence electrons. The minimum Gasteiger partial charge on any atom is -0.324 e. The van der Waals surface area contributed by atoms with Gasteiger partial charge < -0.3 is 11.5 Å². The van der Waals surface area contributed by atoms with E-state index in [2.05, 4.69) is 13.8 Å². The van der Waals surface area contributed by atoms with Crippen molar-refractivity contribution in [3.05, 3.63) is 0 Å². The van der Waals surface area contributed by atoms with Crippen molar-refractivity contribution in [2.24, 2.45) is 11.5 Å². The van der Waals surface area contributed by atoms with Gasteiger partial charge in [0.15, 0.2) is 0 Å².